The lowest BCUT2D eigenvalue weighted by atomic mass is 10.2. The van der Waals surface area contributed by atoms with Gasteiger partial charge in [-0.05, 0) is 40.2 Å². The van der Waals surface area contributed by atoms with Crippen molar-refractivity contribution in [3.8, 4) is 5.88 Å². The molecule has 3 rings (SSSR count). The van der Waals surface area contributed by atoms with Gasteiger partial charge in [-0.25, -0.2) is 9.78 Å². The van der Waals surface area contributed by atoms with E-state index in [2.05, 4.69) is 26.2 Å². The quantitative estimate of drug-likeness (QED) is 0.778. The molecule has 0 aliphatic carbocycles. The van der Waals surface area contributed by atoms with Gasteiger partial charge in [0.15, 0.2) is 0 Å². The van der Waals surface area contributed by atoms with Crippen molar-refractivity contribution in [2.75, 3.05) is 18.4 Å². The molecule has 1 saturated heterocycles. The summed E-state index contributed by atoms with van der Waals surface area (Å²) in [7, 11) is 0. The number of halogens is 4. The molecule has 1 aromatic heterocycles. The number of carbonyl (C=O) groups excluding carboxylic acids is 1. The molecule has 9 heteroatoms. The van der Waals surface area contributed by atoms with Gasteiger partial charge >= 0.3 is 12.2 Å². The highest BCUT2D eigenvalue weighted by molar-refractivity contribution is 9.10. The number of anilines is 1. The first-order chi connectivity index (χ1) is 12.3. The van der Waals surface area contributed by atoms with Crippen LogP contribution in [-0.4, -0.2) is 35.1 Å². The van der Waals surface area contributed by atoms with Crippen LogP contribution in [0.5, 0.6) is 5.88 Å². The van der Waals surface area contributed by atoms with Crippen molar-refractivity contribution in [1.29, 1.82) is 0 Å². The average molecular weight is 430 g/mol. The van der Waals surface area contributed by atoms with Crippen LogP contribution >= 0.6 is 15.9 Å². The molecule has 1 aliphatic heterocycles. The number of likely N-dealkylation sites (tertiary alicyclic amines) is 1. The molecule has 5 nitrogen and oxygen atoms in total. The molecule has 0 saturated carbocycles. The van der Waals surface area contributed by atoms with Gasteiger partial charge in [-0.15, -0.1) is 0 Å². The lowest BCUT2D eigenvalue weighted by molar-refractivity contribution is -0.137. The van der Waals surface area contributed by atoms with E-state index in [9.17, 15) is 18.0 Å². The highest BCUT2D eigenvalue weighted by Gasteiger charge is 2.31. The van der Waals surface area contributed by atoms with Gasteiger partial charge in [0.2, 0.25) is 5.88 Å². The molecule has 2 aromatic rings. The number of nitrogens with one attached hydrogen (secondary N) is 1. The van der Waals surface area contributed by atoms with E-state index in [1.165, 1.54) is 17.0 Å². The Hall–Kier alpha value is -2.29. The van der Waals surface area contributed by atoms with Crippen LogP contribution < -0.4 is 10.1 Å². The first-order valence-electron chi connectivity index (χ1n) is 7.82. The molecule has 0 bridgehead atoms. The van der Waals surface area contributed by atoms with Crippen LogP contribution in [0.3, 0.4) is 0 Å². The average Bonchev–Trinajstić information content (AvgIpc) is 3.05. The van der Waals surface area contributed by atoms with Gasteiger partial charge in [-0.3, -0.25) is 0 Å². The first-order valence-corrected chi connectivity index (χ1v) is 8.62. The van der Waals surface area contributed by atoms with Gasteiger partial charge in [0.25, 0.3) is 0 Å². The molecule has 26 heavy (non-hydrogen) atoms. The van der Waals surface area contributed by atoms with Crippen molar-refractivity contribution in [2.45, 2.75) is 18.7 Å². The van der Waals surface area contributed by atoms with E-state index in [1.807, 2.05) is 0 Å². The Bertz CT molecular complexity index is 784. The van der Waals surface area contributed by atoms with E-state index in [1.54, 1.807) is 18.3 Å². The van der Waals surface area contributed by atoms with E-state index >= 15 is 0 Å². The van der Waals surface area contributed by atoms with Crippen LogP contribution in [0.2, 0.25) is 0 Å². The highest BCUT2D eigenvalue weighted by Crippen LogP contribution is 2.30. The second-order valence-electron chi connectivity index (χ2n) is 5.80. The fourth-order valence-corrected chi connectivity index (χ4v) is 2.82. The Morgan fingerprint density at radius 2 is 2.12 bits per heavy atom. The molecule has 2 heterocycles. The number of carbonyl (C=O) groups is 1. The van der Waals surface area contributed by atoms with E-state index in [-0.39, 0.29) is 11.8 Å². The first kappa shape index (κ1) is 18.5. The Morgan fingerprint density at radius 3 is 2.81 bits per heavy atom. The largest absolute Gasteiger partial charge is 0.472 e. The van der Waals surface area contributed by atoms with Gasteiger partial charge in [0.1, 0.15) is 6.10 Å². The number of urea groups is 1. The van der Waals surface area contributed by atoms with Crippen LogP contribution in [0.1, 0.15) is 12.0 Å². The maximum Gasteiger partial charge on any atom is 0.416 e. The molecule has 2 amide bonds. The number of alkyl halides is 3. The summed E-state index contributed by atoms with van der Waals surface area (Å²) in [5, 5.41) is 2.50. The molecule has 0 radical (unpaired) electrons. The molecular weight excluding hydrogens is 415 g/mol. The van der Waals surface area contributed by atoms with Crippen molar-refractivity contribution in [2.24, 2.45) is 0 Å². The van der Waals surface area contributed by atoms with Crippen LogP contribution in [-0.2, 0) is 6.18 Å². The maximum absolute atomic E-state index is 12.7. The summed E-state index contributed by atoms with van der Waals surface area (Å²) in [6.45, 7) is 0.786. The minimum atomic E-state index is -4.45. The number of rotatable bonds is 3. The van der Waals surface area contributed by atoms with Crippen LogP contribution in [0.4, 0.5) is 23.7 Å². The minimum Gasteiger partial charge on any atom is -0.472 e. The summed E-state index contributed by atoms with van der Waals surface area (Å²) in [6.07, 6.45) is -2.43. The zero-order chi connectivity index (χ0) is 18.7. The Balaban J connectivity index is 1.57. The van der Waals surface area contributed by atoms with Crippen LogP contribution in [0, 0.1) is 0 Å². The minimum absolute atomic E-state index is 0.101. The molecule has 0 spiro atoms. The van der Waals surface area contributed by atoms with Crippen molar-refractivity contribution in [3.05, 3.63) is 52.6 Å². The van der Waals surface area contributed by atoms with Crippen LogP contribution in [0.15, 0.2) is 47.1 Å². The molecule has 1 aromatic carbocycles. The van der Waals surface area contributed by atoms with Gasteiger partial charge < -0.3 is 15.0 Å². The summed E-state index contributed by atoms with van der Waals surface area (Å²) in [5.74, 6) is 0.457. The van der Waals surface area contributed by atoms with Gasteiger partial charge in [-0.2, -0.15) is 13.2 Å². The number of pyridine rings is 1. The Kier molecular flexibility index (Phi) is 5.36. The molecule has 1 fully saturated rings. The monoisotopic (exact) mass is 429 g/mol. The second kappa shape index (κ2) is 7.53. The SMILES string of the molecule is O=C(Nc1cccc(C(F)(F)F)c1)N1CCC(Oc2ccc(Br)cn2)C1. The lowest BCUT2D eigenvalue weighted by Gasteiger charge is -2.18. The fraction of sp³-hybridized carbons (Fsp3) is 0.294. The number of nitrogens with zero attached hydrogens (tertiary/aromatic N) is 2. The summed E-state index contributed by atoms with van der Waals surface area (Å²) in [5.41, 5.74) is -0.706. The van der Waals surface area contributed by atoms with E-state index in [4.69, 9.17) is 4.74 Å². The third kappa shape index (κ3) is 4.66. The normalized spacial score (nSPS) is 17.2. The summed E-state index contributed by atoms with van der Waals surface area (Å²) in [4.78, 5) is 17.9. The molecule has 1 aliphatic rings. The fourth-order valence-electron chi connectivity index (χ4n) is 2.59. The molecule has 1 atom stereocenters. The standard InChI is InChI=1S/C17H15BrF3N3O2/c18-12-4-5-15(22-9-12)26-14-6-7-24(10-14)16(25)23-13-3-1-2-11(8-13)17(19,20)21/h1-5,8-9,14H,6-7,10H2,(H,23,25). The van der Waals surface area contributed by atoms with Gasteiger partial charge in [0.05, 0.1) is 12.1 Å². The zero-order valence-corrected chi connectivity index (χ0v) is 15.0. The zero-order valence-electron chi connectivity index (χ0n) is 13.5. The number of hydrogen-bond acceptors (Lipinski definition) is 3. The maximum atomic E-state index is 12.7. The topological polar surface area (TPSA) is 54.5 Å². The number of ether oxygens (including phenoxy) is 1. The summed E-state index contributed by atoms with van der Waals surface area (Å²) < 4.78 is 44.8. The van der Waals surface area contributed by atoms with Crippen LogP contribution in [0.25, 0.3) is 0 Å². The summed E-state index contributed by atoms with van der Waals surface area (Å²) in [6, 6.07) is 7.61. The van der Waals surface area contributed by atoms with E-state index < -0.39 is 17.8 Å². The Morgan fingerprint density at radius 1 is 1.31 bits per heavy atom. The van der Waals surface area contributed by atoms with Gasteiger partial charge in [-0.1, -0.05) is 6.07 Å². The number of hydrogen-bond donors (Lipinski definition) is 1. The smallest absolute Gasteiger partial charge is 0.416 e. The van der Waals surface area contributed by atoms with E-state index in [0.717, 1.165) is 16.6 Å². The molecule has 1 N–H and O–H groups in total. The number of benzene rings is 1. The van der Waals surface area contributed by atoms with Gasteiger partial charge in [0, 0.05) is 35.4 Å². The molecule has 1 unspecified atom stereocenters. The van der Waals surface area contributed by atoms with Crippen molar-refractivity contribution < 1.29 is 22.7 Å². The summed E-state index contributed by atoms with van der Waals surface area (Å²) >= 11 is 3.29. The van der Waals surface area contributed by atoms with E-state index in [0.29, 0.717) is 25.4 Å². The lowest BCUT2D eigenvalue weighted by Crippen LogP contribution is -2.34. The molecule has 138 valence electrons. The third-order valence-corrected chi connectivity index (χ3v) is 4.33. The van der Waals surface area contributed by atoms with Crippen molar-refractivity contribution >= 4 is 27.6 Å². The number of aromatic nitrogens is 1. The third-order valence-electron chi connectivity index (χ3n) is 3.86. The number of amides is 2. The second-order valence-corrected chi connectivity index (χ2v) is 6.71. The predicted octanol–water partition coefficient (Wildman–Crippen LogP) is 4.55. The predicted molar refractivity (Wildman–Crippen MR) is 93.0 cm³/mol. The van der Waals surface area contributed by atoms with Crippen molar-refractivity contribution in [3.63, 3.8) is 0 Å². The molecular formula is C17H15BrF3N3O2. The highest BCUT2D eigenvalue weighted by atomic mass is 79.9. The van der Waals surface area contributed by atoms with Crippen molar-refractivity contribution in [1.82, 2.24) is 9.88 Å². The Labute approximate surface area is 156 Å².